The highest BCUT2D eigenvalue weighted by atomic mass is 16.3. The number of pyridine rings is 2. The summed E-state index contributed by atoms with van der Waals surface area (Å²) in [6.07, 6.45) is 7.77. The van der Waals surface area contributed by atoms with Crippen molar-refractivity contribution in [2.45, 2.75) is 25.9 Å². The lowest BCUT2D eigenvalue weighted by atomic mass is 10.0. The summed E-state index contributed by atoms with van der Waals surface area (Å²) in [5, 5.41) is 8.36. The lowest BCUT2D eigenvalue weighted by molar-refractivity contribution is 0.0943. The van der Waals surface area contributed by atoms with Gasteiger partial charge in [-0.1, -0.05) is 31.2 Å². The van der Waals surface area contributed by atoms with E-state index in [-0.39, 0.29) is 11.9 Å². The highest BCUT2D eigenvalue weighted by molar-refractivity contribution is 6.06. The number of benzene rings is 1. The van der Waals surface area contributed by atoms with Crippen LogP contribution in [0.4, 0.5) is 0 Å². The predicted molar refractivity (Wildman–Crippen MR) is 143 cm³/mol. The molecule has 8 heteroatoms. The first-order valence-corrected chi connectivity index (χ1v) is 12.4. The summed E-state index contributed by atoms with van der Waals surface area (Å²) < 4.78 is 7.26. The van der Waals surface area contributed by atoms with Gasteiger partial charge in [0.2, 0.25) is 0 Å². The smallest absolute Gasteiger partial charge is 0.252 e. The molecule has 4 aromatic heterocycles. The molecule has 0 saturated heterocycles. The maximum absolute atomic E-state index is 13.6. The van der Waals surface area contributed by atoms with Gasteiger partial charge in [0.1, 0.15) is 12.3 Å². The molecule has 37 heavy (non-hydrogen) atoms. The van der Waals surface area contributed by atoms with E-state index in [2.05, 4.69) is 51.5 Å². The van der Waals surface area contributed by atoms with Gasteiger partial charge in [-0.2, -0.15) is 5.10 Å². The zero-order chi connectivity index (χ0) is 25.8. The normalized spacial score (nSPS) is 12.2. The fourth-order valence-electron chi connectivity index (χ4n) is 4.42. The van der Waals surface area contributed by atoms with Crippen LogP contribution in [0.5, 0.6) is 0 Å². The third-order valence-corrected chi connectivity index (χ3v) is 6.55. The predicted octanol–water partition coefficient (Wildman–Crippen LogP) is 4.73. The van der Waals surface area contributed by atoms with E-state index in [1.54, 1.807) is 29.5 Å². The monoisotopic (exact) mass is 494 g/mol. The molecule has 5 rings (SSSR count). The summed E-state index contributed by atoms with van der Waals surface area (Å²) in [5.41, 5.74) is 5.07. The van der Waals surface area contributed by atoms with Gasteiger partial charge in [0.25, 0.3) is 5.91 Å². The van der Waals surface area contributed by atoms with Crippen LogP contribution in [0.3, 0.4) is 0 Å². The van der Waals surface area contributed by atoms with Gasteiger partial charge in [-0.05, 0) is 62.0 Å². The number of nitrogens with one attached hydrogen (secondary N) is 1. The summed E-state index contributed by atoms with van der Waals surface area (Å²) >= 11 is 0. The number of aryl methyl sites for hydroxylation is 1. The third kappa shape index (κ3) is 5.29. The van der Waals surface area contributed by atoms with Crippen LogP contribution >= 0.6 is 0 Å². The Bertz CT molecular complexity index is 1470. The molecule has 5 aromatic rings. The van der Waals surface area contributed by atoms with Crippen molar-refractivity contribution < 1.29 is 9.21 Å². The SMILES string of the molecule is CCc1ccc(C(CNC(=O)c2cc(-c3cccnc3)nc3c2cnn3Cc2ccco2)N(C)C)cc1. The lowest BCUT2D eigenvalue weighted by Crippen LogP contribution is -2.34. The molecule has 0 aliphatic rings. The Morgan fingerprint density at radius 3 is 2.62 bits per heavy atom. The van der Waals surface area contributed by atoms with E-state index < -0.39 is 0 Å². The highest BCUT2D eigenvalue weighted by Crippen LogP contribution is 2.26. The van der Waals surface area contributed by atoms with Crippen LogP contribution in [-0.2, 0) is 13.0 Å². The van der Waals surface area contributed by atoms with Gasteiger partial charge in [-0.3, -0.25) is 9.78 Å². The second-order valence-corrected chi connectivity index (χ2v) is 9.20. The molecule has 1 unspecified atom stereocenters. The molecule has 0 bridgehead atoms. The van der Waals surface area contributed by atoms with E-state index in [0.717, 1.165) is 23.3 Å². The number of furan rings is 1. The highest BCUT2D eigenvalue weighted by Gasteiger charge is 2.21. The van der Waals surface area contributed by atoms with Crippen LogP contribution < -0.4 is 5.32 Å². The van der Waals surface area contributed by atoms with Gasteiger partial charge in [0.15, 0.2) is 5.65 Å². The number of carbonyl (C=O) groups excluding carboxylic acids is 1. The molecule has 0 spiro atoms. The summed E-state index contributed by atoms with van der Waals surface area (Å²) in [6.45, 7) is 3.02. The summed E-state index contributed by atoms with van der Waals surface area (Å²) in [6, 6.07) is 17.9. The van der Waals surface area contributed by atoms with E-state index in [1.165, 1.54) is 5.56 Å². The van der Waals surface area contributed by atoms with Crippen molar-refractivity contribution in [1.29, 1.82) is 0 Å². The number of amides is 1. The molecule has 8 nitrogen and oxygen atoms in total. The quantitative estimate of drug-likeness (QED) is 0.319. The summed E-state index contributed by atoms with van der Waals surface area (Å²) in [5.74, 6) is 0.583. The van der Waals surface area contributed by atoms with Crippen molar-refractivity contribution in [2.24, 2.45) is 0 Å². The molecular weight excluding hydrogens is 464 g/mol. The van der Waals surface area contributed by atoms with Crippen molar-refractivity contribution in [2.75, 3.05) is 20.6 Å². The lowest BCUT2D eigenvalue weighted by Gasteiger charge is -2.25. The van der Waals surface area contributed by atoms with E-state index in [4.69, 9.17) is 9.40 Å². The molecule has 1 N–H and O–H groups in total. The van der Waals surface area contributed by atoms with Crippen LogP contribution in [0, 0.1) is 0 Å². The van der Waals surface area contributed by atoms with Crippen molar-refractivity contribution in [3.63, 3.8) is 0 Å². The number of likely N-dealkylation sites (N-methyl/N-ethyl adjacent to an activating group) is 1. The number of aromatic nitrogens is 4. The van der Waals surface area contributed by atoms with Crippen LogP contribution in [-0.4, -0.2) is 51.2 Å². The van der Waals surface area contributed by atoms with Crippen molar-refractivity contribution in [3.8, 4) is 11.3 Å². The van der Waals surface area contributed by atoms with E-state index >= 15 is 0 Å². The number of hydrogen-bond donors (Lipinski definition) is 1. The molecule has 0 radical (unpaired) electrons. The molecule has 1 aromatic carbocycles. The molecule has 4 heterocycles. The average molecular weight is 495 g/mol. The maximum atomic E-state index is 13.6. The first-order chi connectivity index (χ1) is 18.0. The van der Waals surface area contributed by atoms with Crippen LogP contribution in [0.25, 0.3) is 22.3 Å². The Balaban J connectivity index is 1.47. The van der Waals surface area contributed by atoms with Gasteiger partial charge >= 0.3 is 0 Å². The Labute approximate surface area is 216 Å². The molecule has 0 aliphatic heterocycles. The van der Waals surface area contributed by atoms with Crippen LogP contribution in [0.2, 0.25) is 0 Å². The Kier molecular flexibility index (Phi) is 7.09. The van der Waals surface area contributed by atoms with Gasteiger partial charge in [0, 0.05) is 24.5 Å². The first kappa shape index (κ1) is 24.4. The van der Waals surface area contributed by atoms with Gasteiger partial charge < -0.3 is 14.6 Å². The minimum atomic E-state index is -0.174. The third-order valence-electron chi connectivity index (χ3n) is 6.55. The minimum Gasteiger partial charge on any atom is -0.467 e. The van der Waals surface area contributed by atoms with E-state index in [0.29, 0.717) is 35.4 Å². The molecule has 1 atom stereocenters. The number of fused-ring (bicyclic) bond motifs is 1. The molecule has 1 amide bonds. The average Bonchev–Trinajstić information content (AvgIpc) is 3.59. The Hall–Kier alpha value is -4.30. The van der Waals surface area contributed by atoms with Crippen molar-refractivity contribution >= 4 is 16.9 Å². The fraction of sp³-hybridized carbons (Fsp3) is 0.241. The fourth-order valence-corrected chi connectivity index (χ4v) is 4.42. The minimum absolute atomic E-state index is 0.0339. The van der Waals surface area contributed by atoms with Crippen molar-refractivity contribution in [1.82, 2.24) is 30.0 Å². The first-order valence-electron chi connectivity index (χ1n) is 12.4. The van der Waals surface area contributed by atoms with E-state index in [1.807, 2.05) is 44.4 Å². The molecule has 0 fully saturated rings. The summed E-state index contributed by atoms with van der Waals surface area (Å²) in [4.78, 5) is 24.8. The van der Waals surface area contributed by atoms with E-state index in [9.17, 15) is 4.79 Å². The van der Waals surface area contributed by atoms with Gasteiger partial charge in [0.05, 0.1) is 35.1 Å². The molecule has 0 aliphatic carbocycles. The van der Waals surface area contributed by atoms with Gasteiger partial charge in [-0.15, -0.1) is 0 Å². The zero-order valence-electron chi connectivity index (χ0n) is 21.3. The molecular formula is C29H30N6O2. The van der Waals surface area contributed by atoms with Gasteiger partial charge in [-0.25, -0.2) is 9.67 Å². The zero-order valence-corrected chi connectivity index (χ0v) is 21.3. The summed E-state index contributed by atoms with van der Waals surface area (Å²) in [7, 11) is 4.04. The number of carbonyl (C=O) groups is 1. The number of rotatable bonds is 9. The van der Waals surface area contributed by atoms with Crippen LogP contribution in [0.15, 0.2) is 83.9 Å². The molecule has 188 valence electrons. The van der Waals surface area contributed by atoms with Crippen LogP contribution in [0.1, 0.15) is 40.2 Å². The maximum Gasteiger partial charge on any atom is 0.252 e. The number of nitrogens with zero attached hydrogens (tertiary/aromatic N) is 5. The largest absolute Gasteiger partial charge is 0.467 e. The van der Waals surface area contributed by atoms with Crippen molar-refractivity contribution in [3.05, 3.63) is 102 Å². The molecule has 0 saturated carbocycles. The Morgan fingerprint density at radius 1 is 1.11 bits per heavy atom. The second kappa shape index (κ2) is 10.8. The number of hydrogen-bond acceptors (Lipinski definition) is 6. The topological polar surface area (TPSA) is 89.1 Å². The Morgan fingerprint density at radius 2 is 1.95 bits per heavy atom. The second-order valence-electron chi connectivity index (χ2n) is 9.20. The standard InChI is InChI=1S/C29H30N6O2/c1-4-20-9-11-21(12-10-20)27(34(2)3)18-31-29(36)24-15-26(22-7-5-13-30-16-22)33-28-25(24)17-32-35(28)19-23-8-6-14-37-23/h5-17,27H,4,18-19H2,1-3H3,(H,31,36).